The van der Waals surface area contributed by atoms with Crippen LogP contribution in [0.1, 0.15) is 28.4 Å². The SMILES string of the molecule is O=C(NC1CC(c2ccncc2)NN1)c1ccccc1[N+](=O)[O-]. The minimum absolute atomic E-state index is 0.0362. The summed E-state index contributed by atoms with van der Waals surface area (Å²) in [7, 11) is 0. The monoisotopic (exact) mass is 313 g/mol. The molecule has 1 saturated heterocycles. The molecule has 0 aliphatic carbocycles. The van der Waals surface area contributed by atoms with E-state index in [1.54, 1.807) is 18.5 Å². The van der Waals surface area contributed by atoms with Gasteiger partial charge in [-0.3, -0.25) is 19.9 Å². The number of amides is 1. The van der Waals surface area contributed by atoms with Gasteiger partial charge in [0.25, 0.3) is 11.6 Å². The summed E-state index contributed by atoms with van der Waals surface area (Å²) in [4.78, 5) is 26.7. The first-order chi connectivity index (χ1) is 11.1. The zero-order valence-electron chi connectivity index (χ0n) is 12.1. The first-order valence-corrected chi connectivity index (χ1v) is 7.10. The van der Waals surface area contributed by atoms with Crippen molar-refractivity contribution >= 4 is 11.6 Å². The molecule has 2 unspecified atom stereocenters. The minimum Gasteiger partial charge on any atom is -0.335 e. The number of aromatic nitrogens is 1. The lowest BCUT2D eigenvalue weighted by Gasteiger charge is -2.12. The van der Waals surface area contributed by atoms with Gasteiger partial charge in [-0.1, -0.05) is 12.1 Å². The highest BCUT2D eigenvalue weighted by Gasteiger charge is 2.28. The van der Waals surface area contributed by atoms with Gasteiger partial charge in [0.2, 0.25) is 0 Å². The number of rotatable bonds is 4. The van der Waals surface area contributed by atoms with E-state index in [0.29, 0.717) is 6.42 Å². The Labute approximate surface area is 132 Å². The van der Waals surface area contributed by atoms with Crippen LogP contribution in [-0.2, 0) is 0 Å². The Morgan fingerprint density at radius 2 is 1.96 bits per heavy atom. The number of nitro benzene ring substituents is 1. The van der Waals surface area contributed by atoms with Gasteiger partial charge in [-0.2, -0.15) is 0 Å². The summed E-state index contributed by atoms with van der Waals surface area (Å²) in [5, 5.41) is 13.7. The largest absolute Gasteiger partial charge is 0.335 e. The summed E-state index contributed by atoms with van der Waals surface area (Å²) in [6, 6.07) is 9.71. The van der Waals surface area contributed by atoms with Gasteiger partial charge in [0, 0.05) is 30.9 Å². The summed E-state index contributed by atoms with van der Waals surface area (Å²) in [6.45, 7) is 0. The van der Waals surface area contributed by atoms with Crippen molar-refractivity contribution in [2.75, 3.05) is 0 Å². The number of nitrogens with zero attached hydrogens (tertiary/aromatic N) is 2. The van der Waals surface area contributed by atoms with Crippen molar-refractivity contribution in [2.45, 2.75) is 18.6 Å². The Balaban J connectivity index is 1.67. The minimum atomic E-state index is -0.561. The van der Waals surface area contributed by atoms with Crippen LogP contribution in [0, 0.1) is 10.1 Å². The highest BCUT2D eigenvalue weighted by atomic mass is 16.6. The van der Waals surface area contributed by atoms with Crippen LogP contribution in [0.4, 0.5) is 5.69 Å². The van der Waals surface area contributed by atoms with Crippen LogP contribution in [0.15, 0.2) is 48.8 Å². The van der Waals surface area contributed by atoms with Gasteiger partial charge < -0.3 is 5.32 Å². The van der Waals surface area contributed by atoms with Crippen LogP contribution < -0.4 is 16.2 Å². The molecule has 0 spiro atoms. The van der Waals surface area contributed by atoms with E-state index in [2.05, 4.69) is 21.2 Å². The van der Waals surface area contributed by atoms with Crippen LogP contribution >= 0.6 is 0 Å². The van der Waals surface area contributed by atoms with Gasteiger partial charge in [0.05, 0.1) is 11.1 Å². The van der Waals surface area contributed by atoms with Crippen molar-refractivity contribution in [3.05, 3.63) is 70.0 Å². The van der Waals surface area contributed by atoms with E-state index in [-0.39, 0.29) is 23.5 Å². The summed E-state index contributed by atoms with van der Waals surface area (Å²) < 4.78 is 0. The van der Waals surface area contributed by atoms with Gasteiger partial charge in [0.15, 0.2) is 0 Å². The number of carbonyl (C=O) groups is 1. The zero-order valence-corrected chi connectivity index (χ0v) is 12.1. The molecule has 23 heavy (non-hydrogen) atoms. The summed E-state index contributed by atoms with van der Waals surface area (Å²) in [6.07, 6.45) is 3.71. The van der Waals surface area contributed by atoms with Crippen LogP contribution in [-0.4, -0.2) is 22.0 Å². The third kappa shape index (κ3) is 3.33. The fourth-order valence-electron chi connectivity index (χ4n) is 2.53. The summed E-state index contributed by atoms with van der Waals surface area (Å²) >= 11 is 0. The average molecular weight is 313 g/mol. The van der Waals surface area contributed by atoms with E-state index in [1.807, 2.05) is 12.1 Å². The second kappa shape index (κ2) is 6.51. The van der Waals surface area contributed by atoms with Gasteiger partial charge in [0.1, 0.15) is 5.56 Å². The highest BCUT2D eigenvalue weighted by Crippen LogP contribution is 2.22. The quantitative estimate of drug-likeness (QED) is 0.579. The van der Waals surface area contributed by atoms with E-state index in [4.69, 9.17) is 0 Å². The molecule has 0 radical (unpaired) electrons. The number of nitrogens with one attached hydrogen (secondary N) is 3. The van der Waals surface area contributed by atoms with Crippen molar-refractivity contribution in [2.24, 2.45) is 0 Å². The number of para-hydroxylation sites is 1. The molecule has 1 aromatic carbocycles. The lowest BCUT2D eigenvalue weighted by Crippen LogP contribution is -2.44. The Morgan fingerprint density at radius 3 is 2.70 bits per heavy atom. The maximum Gasteiger partial charge on any atom is 0.282 e. The number of nitro groups is 1. The van der Waals surface area contributed by atoms with E-state index in [0.717, 1.165) is 5.56 Å². The molecule has 8 heteroatoms. The normalized spacial score (nSPS) is 20.2. The molecule has 0 bridgehead atoms. The number of hydrogen-bond acceptors (Lipinski definition) is 6. The molecule has 2 heterocycles. The first kappa shape index (κ1) is 15.1. The Kier molecular flexibility index (Phi) is 4.26. The van der Waals surface area contributed by atoms with E-state index in [9.17, 15) is 14.9 Å². The molecule has 2 atom stereocenters. The predicted molar refractivity (Wildman–Crippen MR) is 82.2 cm³/mol. The molecule has 1 aliphatic heterocycles. The molecular formula is C15H15N5O3. The molecule has 1 fully saturated rings. The standard InChI is InChI=1S/C15H15N5O3/c21-15(11-3-1-2-4-13(11)20(22)23)17-14-9-12(18-19-14)10-5-7-16-8-6-10/h1-8,12,14,18-19H,9H2,(H,17,21). The highest BCUT2D eigenvalue weighted by molar-refractivity contribution is 5.98. The number of carbonyl (C=O) groups excluding carboxylic acids is 1. The molecular weight excluding hydrogens is 298 g/mol. The first-order valence-electron chi connectivity index (χ1n) is 7.10. The predicted octanol–water partition coefficient (Wildman–Crippen LogP) is 1.28. The summed E-state index contributed by atoms with van der Waals surface area (Å²) in [5.41, 5.74) is 6.97. The fraction of sp³-hybridized carbons (Fsp3) is 0.200. The molecule has 3 rings (SSSR count). The van der Waals surface area contributed by atoms with Gasteiger partial charge >= 0.3 is 0 Å². The number of hydrazine groups is 1. The van der Waals surface area contributed by atoms with Crippen molar-refractivity contribution < 1.29 is 9.72 Å². The van der Waals surface area contributed by atoms with Crippen LogP contribution in [0.5, 0.6) is 0 Å². The number of benzene rings is 1. The Bertz CT molecular complexity index is 722. The maximum atomic E-state index is 12.3. The second-order valence-electron chi connectivity index (χ2n) is 5.16. The molecule has 3 N–H and O–H groups in total. The number of pyridine rings is 1. The molecule has 1 aromatic heterocycles. The van der Waals surface area contributed by atoms with Crippen molar-refractivity contribution in [3.63, 3.8) is 0 Å². The van der Waals surface area contributed by atoms with E-state index >= 15 is 0 Å². The van der Waals surface area contributed by atoms with Crippen molar-refractivity contribution in [3.8, 4) is 0 Å². The van der Waals surface area contributed by atoms with Crippen LogP contribution in [0.2, 0.25) is 0 Å². The van der Waals surface area contributed by atoms with E-state index < -0.39 is 10.8 Å². The smallest absolute Gasteiger partial charge is 0.282 e. The lowest BCUT2D eigenvalue weighted by atomic mass is 10.1. The molecule has 0 saturated carbocycles. The van der Waals surface area contributed by atoms with Crippen LogP contribution in [0.3, 0.4) is 0 Å². The number of hydrogen-bond donors (Lipinski definition) is 3. The lowest BCUT2D eigenvalue weighted by molar-refractivity contribution is -0.385. The zero-order chi connectivity index (χ0) is 16.2. The molecule has 8 nitrogen and oxygen atoms in total. The van der Waals surface area contributed by atoms with Gasteiger partial charge in [-0.05, 0) is 23.8 Å². The van der Waals surface area contributed by atoms with Crippen LogP contribution in [0.25, 0.3) is 0 Å². The topological polar surface area (TPSA) is 109 Å². The third-order valence-corrected chi connectivity index (χ3v) is 3.66. The third-order valence-electron chi connectivity index (χ3n) is 3.66. The summed E-state index contributed by atoms with van der Waals surface area (Å²) in [5.74, 6) is -0.480. The van der Waals surface area contributed by atoms with Crippen molar-refractivity contribution in [1.82, 2.24) is 21.2 Å². The van der Waals surface area contributed by atoms with Crippen molar-refractivity contribution in [1.29, 1.82) is 0 Å². The molecule has 1 amide bonds. The maximum absolute atomic E-state index is 12.3. The average Bonchev–Trinajstić information content (AvgIpc) is 3.04. The Morgan fingerprint density at radius 1 is 1.22 bits per heavy atom. The second-order valence-corrected chi connectivity index (χ2v) is 5.16. The molecule has 2 aromatic rings. The molecule has 1 aliphatic rings. The fourth-order valence-corrected chi connectivity index (χ4v) is 2.53. The van der Waals surface area contributed by atoms with Gasteiger partial charge in [-0.15, -0.1) is 0 Å². The van der Waals surface area contributed by atoms with Gasteiger partial charge in [-0.25, -0.2) is 10.9 Å². The molecule has 118 valence electrons. The Hall–Kier alpha value is -2.84. The van der Waals surface area contributed by atoms with E-state index in [1.165, 1.54) is 18.2 Å².